The number of hydrogen-bond acceptors (Lipinski definition) is 5. The molecule has 0 saturated heterocycles. The molecule has 6 nitrogen and oxygen atoms in total. The number of allylic oxidation sites excluding steroid dienone is 1. The summed E-state index contributed by atoms with van der Waals surface area (Å²) < 4.78 is 11.5. The van der Waals surface area contributed by atoms with Crippen LogP contribution in [0, 0.1) is 5.92 Å². The normalized spacial score (nSPS) is 19.2. The van der Waals surface area contributed by atoms with Gasteiger partial charge in [0.1, 0.15) is 5.92 Å². The average molecular weight is 317 g/mol. The van der Waals surface area contributed by atoms with Gasteiger partial charge in [-0.25, -0.2) is 0 Å². The number of nitrogen functional groups attached to an aromatic ring is 1. The van der Waals surface area contributed by atoms with Crippen molar-refractivity contribution in [2.24, 2.45) is 11.7 Å². The van der Waals surface area contributed by atoms with Crippen molar-refractivity contribution in [3.63, 3.8) is 0 Å². The molecular formula is C17H23N3O3. The van der Waals surface area contributed by atoms with Crippen LogP contribution in [0.2, 0.25) is 0 Å². The zero-order valence-electron chi connectivity index (χ0n) is 13.4. The maximum Gasteiger partial charge on any atom is 0.237 e. The lowest BCUT2D eigenvalue weighted by atomic mass is 9.91. The van der Waals surface area contributed by atoms with Crippen LogP contribution in [0.3, 0.4) is 0 Å². The van der Waals surface area contributed by atoms with Gasteiger partial charge in [-0.2, -0.15) is 0 Å². The van der Waals surface area contributed by atoms with Crippen molar-refractivity contribution in [3.8, 4) is 0 Å². The van der Waals surface area contributed by atoms with Gasteiger partial charge in [0.15, 0.2) is 0 Å². The van der Waals surface area contributed by atoms with E-state index >= 15 is 0 Å². The van der Waals surface area contributed by atoms with Crippen LogP contribution in [-0.4, -0.2) is 24.9 Å². The third-order valence-corrected chi connectivity index (χ3v) is 3.48. The minimum absolute atomic E-state index is 0.239. The van der Waals surface area contributed by atoms with Crippen LogP contribution in [0.15, 0.2) is 48.2 Å². The Bertz CT molecular complexity index is 602. The van der Waals surface area contributed by atoms with E-state index in [1.165, 1.54) is 0 Å². The Morgan fingerprint density at radius 2 is 1.78 bits per heavy atom. The minimum atomic E-state index is -1.19. The second-order valence-corrected chi connectivity index (χ2v) is 5.18. The van der Waals surface area contributed by atoms with Crippen molar-refractivity contribution >= 4 is 17.3 Å². The molecule has 0 heterocycles. The topological polar surface area (TPSA) is 99.6 Å². The van der Waals surface area contributed by atoms with E-state index < -0.39 is 11.7 Å². The lowest BCUT2D eigenvalue weighted by molar-refractivity contribution is -0.220. The summed E-state index contributed by atoms with van der Waals surface area (Å²) in [5.74, 6) is -2.08. The lowest BCUT2D eigenvalue weighted by Gasteiger charge is -2.37. The number of ether oxygens (including phenoxy) is 2. The Kier molecular flexibility index (Phi) is 5.41. The molecule has 0 bridgehead atoms. The van der Waals surface area contributed by atoms with Crippen molar-refractivity contribution in [3.05, 3.63) is 48.2 Å². The van der Waals surface area contributed by atoms with Gasteiger partial charge >= 0.3 is 0 Å². The van der Waals surface area contributed by atoms with Crippen molar-refractivity contribution in [1.29, 1.82) is 0 Å². The number of carbonyl (C=O) groups is 1. The van der Waals surface area contributed by atoms with Gasteiger partial charge in [-0.3, -0.25) is 4.79 Å². The predicted octanol–water partition coefficient (Wildman–Crippen LogP) is 2.01. The summed E-state index contributed by atoms with van der Waals surface area (Å²) in [6.07, 6.45) is 5.03. The first-order valence-corrected chi connectivity index (χ1v) is 7.61. The van der Waals surface area contributed by atoms with Gasteiger partial charge in [0.05, 0.1) is 0 Å². The molecule has 0 aromatic heterocycles. The first kappa shape index (κ1) is 17.1. The molecule has 1 aliphatic rings. The number of rotatable bonds is 6. The second-order valence-electron chi connectivity index (χ2n) is 5.18. The van der Waals surface area contributed by atoms with E-state index in [1.54, 1.807) is 42.5 Å². The predicted molar refractivity (Wildman–Crippen MR) is 90.4 cm³/mol. The molecule has 23 heavy (non-hydrogen) atoms. The average Bonchev–Trinajstić information content (AvgIpc) is 2.50. The molecule has 5 N–H and O–H groups in total. The summed E-state index contributed by atoms with van der Waals surface area (Å²) >= 11 is 0. The fourth-order valence-electron chi connectivity index (χ4n) is 2.52. The van der Waals surface area contributed by atoms with Gasteiger partial charge in [0.2, 0.25) is 11.7 Å². The zero-order valence-corrected chi connectivity index (χ0v) is 13.4. The molecule has 2 rings (SSSR count). The highest BCUT2D eigenvalue weighted by atomic mass is 16.7. The Hall–Kier alpha value is -2.31. The van der Waals surface area contributed by atoms with E-state index in [0.29, 0.717) is 30.3 Å². The molecule has 0 radical (unpaired) electrons. The molecule has 0 saturated carbocycles. The van der Waals surface area contributed by atoms with E-state index in [2.05, 4.69) is 5.32 Å². The SMILES string of the molecule is CCOC1(OCC)C=C(N)C=CC1C(=O)Nc1ccc(N)cc1. The Morgan fingerprint density at radius 3 is 2.35 bits per heavy atom. The van der Waals surface area contributed by atoms with Crippen molar-refractivity contribution < 1.29 is 14.3 Å². The first-order valence-electron chi connectivity index (χ1n) is 7.61. The number of anilines is 2. The molecule has 0 spiro atoms. The van der Waals surface area contributed by atoms with E-state index in [1.807, 2.05) is 13.8 Å². The van der Waals surface area contributed by atoms with Crippen LogP contribution < -0.4 is 16.8 Å². The van der Waals surface area contributed by atoms with Gasteiger partial charge < -0.3 is 26.3 Å². The Balaban J connectivity index is 2.24. The van der Waals surface area contributed by atoms with Crippen molar-refractivity contribution in [1.82, 2.24) is 0 Å². The van der Waals surface area contributed by atoms with E-state index in [-0.39, 0.29) is 5.91 Å². The maximum atomic E-state index is 12.7. The van der Waals surface area contributed by atoms with E-state index in [9.17, 15) is 4.79 Å². The highest BCUT2D eigenvalue weighted by molar-refractivity contribution is 5.95. The van der Waals surface area contributed by atoms with Crippen LogP contribution in [0.25, 0.3) is 0 Å². The summed E-state index contributed by atoms with van der Waals surface area (Å²) in [4.78, 5) is 12.7. The molecule has 1 aromatic rings. The standard InChI is InChI=1S/C17H23N3O3/c1-3-22-17(23-4-2)11-13(19)7-10-15(17)16(21)20-14-8-5-12(18)6-9-14/h5-11,15H,3-4,18-19H2,1-2H3,(H,20,21). The Morgan fingerprint density at radius 1 is 1.17 bits per heavy atom. The summed E-state index contributed by atoms with van der Waals surface area (Å²) in [5.41, 5.74) is 13.3. The molecule has 0 fully saturated rings. The van der Waals surface area contributed by atoms with Crippen molar-refractivity contribution in [2.45, 2.75) is 19.6 Å². The number of amides is 1. The van der Waals surface area contributed by atoms with Crippen molar-refractivity contribution in [2.75, 3.05) is 24.3 Å². The zero-order chi connectivity index (χ0) is 16.9. The smallest absolute Gasteiger partial charge is 0.237 e. The quantitative estimate of drug-likeness (QED) is 0.550. The van der Waals surface area contributed by atoms with Gasteiger partial charge in [-0.1, -0.05) is 6.08 Å². The molecule has 1 atom stereocenters. The summed E-state index contributed by atoms with van der Waals surface area (Å²) in [7, 11) is 0. The minimum Gasteiger partial charge on any atom is -0.399 e. The largest absolute Gasteiger partial charge is 0.399 e. The molecule has 124 valence electrons. The summed E-state index contributed by atoms with van der Waals surface area (Å²) in [5, 5.41) is 2.85. The highest BCUT2D eigenvalue weighted by Gasteiger charge is 2.43. The monoisotopic (exact) mass is 317 g/mol. The number of nitrogens with one attached hydrogen (secondary N) is 1. The summed E-state index contributed by atoms with van der Waals surface area (Å²) in [6.45, 7) is 4.47. The molecule has 1 unspecified atom stereocenters. The second kappa shape index (κ2) is 7.30. The lowest BCUT2D eigenvalue weighted by Crippen LogP contribution is -2.48. The fraction of sp³-hybridized carbons (Fsp3) is 0.353. The van der Waals surface area contributed by atoms with E-state index in [0.717, 1.165) is 0 Å². The fourth-order valence-corrected chi connectivity index (χ4v) is 2.52. The van der Waals surface area contributed by atoms with Crippen LogP contribution in [0.5, 0.6) is 0 Å². The first-order chi connectivity index (χ1) is 11.0. The number of nitrogens with two attached hydrogens (primary N) is 2. The van der Waals surface area contributed by atoms with Crippen LogP contribution in [-0.2, 0) is 14.3 Å². The summed E-state index contributed by atoms with van der Waals surface area (Å²) in [6, 6.07) is 6.94. The molecule has 6 heteroatoms. The van der Waals surface area contributed by atoms with Crippen LogP contribution >= 0.6 is 0 Å². The van der Waals surface area contributed by atoms with Gasteiger partial charge in [0.25, 0.3) is 0 Å². The molecule has 1 aromatic carbocycles. The van der Waals surface area contributed by atoms with Crippen LogP contribution in [0.1, 0.15) is 13.8 Å². The van der Waals surface area contributed by atoms with Gasteiger partial charge in [-0.15, -0.1) is 0 Å². The van der Waals surface area contributed by atoms with Gasteiger partial charge in [0, 0.05) is 30.3 Å². The number of benzene rings is 1. The number of hydrogen-bond donors (Lipinski definition) is 3. The molecular weight excluding hydrogens is 294 g/mol. The highest BCUT2D eigenvalue weighted by Crippen LogP contribution is 2.32. The maximum absolute atomic E-state index is 12.7. The van der Waals surface area contributed by atoms with Gasteiger partial charge in [-0.05, 0) is 50.3 Å². The third-order valence-electron chi connectivity index (χ3n) is 3.48. The van der Waals surface area contributed by atoms with Crippen LogP contribution in [0.4, 0.5) is 11.4 Å². The number of carbonyl (C=O) groups excluding carboxylic acids is 1. The molecule has 1 amide bonds. The third kappa shape index (κ3) is 3.91. The Labute approximate surface area is 136 Å². The molecule has 0 aliphatic heterocycles. The van der Waals surface area contributed by atoms with E-state index in [4.69, 9.17) is 20.9 Å². The molecule has 1 aliphatic carbocycles.